The molecule has 33 heavy (non-hydrogen) atoms. The zero-order chi connectivity index (χ0) is 25.0. The summed E-state index contributed by atoms with van der Waals surface area (Å²) >= 11 is 0. The Bertz CT molecular complexity index is 820. The molecule has 6 heteroatoms. The van der Waals surface area contributed by atoms with E-state index in [1.165, 1.54) is 18.6 Å². The molecule has 1 saturated carbocycles. The minimum atomic E-state index is -0.942. The number of fused-ring (bicyclic) bond motifs is 1. The molecule has 0 radical (unpaired) electrons. The lowest BCUT2D eigenvalue weighted by atomic mass is 9.48. The van der Waals surface area contributed by atoms with Gasteiger partial charge in [-0.05, 0) is 62.4 Å². The second kappa shape index (κ2) is 10.9. The van der Waals surface area contributed by atoms with E-state index in [1.54, 1.807) is 0 Å². The first-order chi connectivity index (χ1) is 15.3. The Morgan fingerprint density at radius 3 is 2.33 bits per heavy atom. The molecule has 2 aliphatic rings. The Morgan fingerprint density at radius 2 is 1.76 bits per heavy atom. The van der Waals surface area contributed by atoms with Crippen molar-refractivity contribution in [2.45, 2.75) is 112 Å². The number of unbranched alkanes of at least 4 members (excludes halogenated alkanes) is 1. The number of carbonyl (C=O) groups excluding carboxylic acids is 2. The van der Waals surface area contributed by atoms with Crippen LogP contribution in [0.1, 0.15) is 99.8 Å². The molecule has 1 N–H and O–H groups in total. The maximum absolute atomic E-state index is 12.7. The van der Waals surface area contributed by atoms with Gasteiger partial charge in [0.1, 0.15) is 6.10 Å². The molecular weight excluding hydrogens is 420 g/mol. The molecule has 4 atom stereocenters. The number of carbonyl (C=O) groups is 3. The number of aliphatic carboxylic acids is 1. The lowest BCUT2D eigenvalue weighted by molar-refractivity contribution is -0.186. The normalized spacial score (nSPS) is 29.3. The Hall–Kier alpha value is -2.11. The Morgan fingerprint density at radius 1 is 1.09 bits per heavy atom. The minimum absolute atomic E-state index is 0.00548. The summed E-state index contributed by atoms with van der Waals surface area (Å²) < 4.78 is 12.0. The van der Waals surface area contributed by atoms with Crippen molar-refractivity contribution < 1.29 is 29.0 Å². The van der Waals surface area contributed by atoms with Gasteiger partial charge in [0.15, 0.2) is 6.10 Å². The van der Waals surface area contributed by atoms with Crippen molar-refractivity contribution in [3.05, 3.63) is 22.8 Å². The number of hydrogen-bond acceptors (Lipinski definition) is 5. The highest BCUT2D eigenvalue weighted by molar-refractivity contribution is 5.80. The average Bonchev–Trinajstić information content (AvgIpc) is 2.67. The number of rotatable bonds is 9. The van der Waals surface area contributed by atoms with Gasteiger partial charge < -0.3 is 14.6 Å². The summed E-state index contributed by atoms with van der Waals surface area (Å²) in [6.45, 7) is 14.0. The first-order valence-electron chi connectivity index (χ1n) is 12.3. The second-order valence-electron chi connectivity index (χ2n) is 10.8. The van der Waals surface area contributed by atoms with Crippen LogP contribution in [0.5, 0.6) is 0 Å². The van der Waals surface area contributed by atoms with Crippen molar-refractivity contribution in [3.8, 4) is 0 Å². The molecule has 1 unspecified atom stereocenters. The molecule has 0 aromatic rings. The molecule has 0 aliphatic heterocycles. The standard InChI is InChI=1S/C27H42O6/c1-8-9-11-22(31)33-23-18(3)20(13-12-17(2)16-21(29)30)27(7)15-10-14-26(5,6)25(27)24(23)32-19(4)28/h16,23-25H,8-15H2,1-7H3,(H,29,30)/b17-16+/t23-,24+,25?,27+/m0/s1. The monoisotopic (exact) mass is 462 g/mol. The van der Waals surface area contributed by atoms with E-state index in [9.17, 15) is 14.4 Å². The molecule has 186 valence electrons. The van der Waals surface area contributed by atoms with Crippen molar-refractivity contribution in [1.29, 1.82) is 0 Å². The van der Waals surface area contributed by atoms with Crippen LogP contribution in [0, 0.1) is 16.7 Å². The number of allylic oxidation sites excluding steroid dienone is 2. The number of carboxylic acid groups (broad SMARTS) is 1. The number of carboxylic acids is 1. The molecule has 2 rings (SSSR count). The van der Waals surface area contributed by atoms with E-state index >= 15 is 0 Å². The van der Waals surface area contributed by atoms with Gasteiger partial charge in [-0.1, -0.05) is 51.7 Å². The van der Waals surface area contributed by atoms with Crippen LogP contribution < -0.4 is 0 Å². The van der Waals surface area contributed by atoms with Crippen molar-refractivity contribution in [1.82, 2.24) is 0 Å². The van der Waals surface area contributed by atoms with Crippen LogP contribution >= 0.6 is 0 Å². The molecule has 0 heterocycles. The van der Waals surface area contributed by atoms with Gasteiger partial charge in [-0.25, -0.2) is 4.79 Å². The molecule has 0 amide bonds. The van der Waals surface area contributed by atoms with Crippen molar-refractivity contribution in [2.24, 2.45) is 16.7 Å². The molecule has 2 aliphatic carbocycles. The van der Waals surface area contributed by atoms with Crippen LogP contribution in [0.2, 0.25) is 0 Å². The van der Waals surface area contributed by atoms with Crippen LogP contribution in [-0.4, -0.2) is 35.2 Å². The summed E-state index contributed by atoms with van der Waals surface area (Å²) in [5, 5.41) is 9.12. The zero-order valence-corrected chi connectivity index (χ0v) is 21.5. The Labute approximate surface area is 198 Å². The summed E-state index contributed by atoms with van der Waals surface area (Å²) in [6, 6.07) is 0. The number of hydrogen-bond donors (Lipinski definition) is 1. The third-order valence-electron chi connectivity index (χ3n) is 7.70. The van der Waals surface area contributed by atoms with Gasteiger partial charge in [0.05, 0.1) is 0 Å². The van der Waals surface area contributed by atoms with Gasteiger partial charge >= 0.3 is 17.9 Å². The van der Waals surface area contributed by atoms with Gasteiger partial charge in [0.2, 0.25) is 0 Å². The quantitative estimate of drug-likeness (QED) is 0.257. The van der Waals surface area contributed by atoms with Crippen LogP contribution in [0.4, 0.5) is 0 Å². The maximum Gasteiger partial charge on any atom is 0.328 e. The van der Waals surface area contributed by atoms with Gasteiger partial charge in [-0.3, -0.25) is 9.59 Å². The first kappa shape index (κ1) is 27.1. The molecule has 0 aromatic carbocycles. The van der Waals surface area contributed by atoms with Crippen LogP contribution in [-0.2, 0) is 23.9 Å². The van der Waals surface area contributed by atoms with Crippen LogP contribution in [0.15, 0.2) is 22.8 Å². The van der Waals surface area contributed by atoms with E-state index in [2.05, 4.69) is 20.8 Å². The fourth-order valence-corrected chi connectivity index (χ4v) is 6.36. The van der Waals surface area contributed by atoms with E-state index in [1.807, 2.05) is 20.8 Å². The van der Waals surface area contributed by atoms with E-state index in [-0.39, 0.29) is 28.7 Å². The third kappa shape index (κ3) is 6.27. The maximum atomic E-state index is 12.7. The highest BCUT2D eigenvalue weighted by atomic mass is 16.6. The summed E-state index contributed by atoms with van der Waals surface area (Å²) in [7, 11) is 0. The molecule has 0 aromatic heterocycles. The number of esters is 2. The van der Waals surface area contributed by atoms with E-state index < -0.39 is 18.2 Å². The molecule has 1 fully saturated rings. The second-order valence-corrected chi connectivity index (χ2v) is 10.8. The van der Waals surface area contributed by atoms with Crippen LogP contribution in [0.3, 0.4) is 0 Å². The minimum Gasteiger partial charge on any atom is -0.478 e. The van der Waals surface area contributed by atoms with E-state index in [0.29, 0.717) is 19.3 Å². The van der Waals surface area contributed by atoms with Gasteiger partial charge in [0, 0.05) is 25.3 Å². The Balaban J connectivity index is 2.57. The molecule has 6 nitrogen and oxygen atoms in total. The highest BCUT2D eigenvalue weighted by Crippen LogP contribution is 2.61. The largest absolute Gasteiger partial charge is 0.478 e. The molecule has 0 saturated heterocycles. The van der Waals surface area contributed by atoms with Crippen molar-refractivity contribution in [2.75, 3.05) is 0 Å². The predicted octanol–water partition coefficient (Wildman–Crippen LogP) is 5.99. The van der Waals surface area contributed by atoms with Crippen LogP contribution in [0.25, 0.3) is 0 Å². The summed E-state index contributed by atoms with van der Waals surface area (Å²) in [4.78, 5) is 36.0. The summed E-state index contributed by atoms with van der Waals surface area (Å²) in [5.74, 6) is -1.58. The highest BCUT2D eigenvalue weighted by Gasteiger charge is 2.59. The summed E-state index contributed by atoms with van der Waals surface area (Å²) in [6.07, 6.45) is 6.45. The average molecular weight is 463 g/mol. The van der Waals surface area contributed by atoms with Gasteiger partial charge in [0.25, 0.3) is 0 Å². The van der Waals surface area contributed by atoms with Crippen molar-refractivity contribution >= 4 is 17.9 Å². The molecular formula is C27H42O6. The van der Waals surface area contributed by atoms with Gasteiger partial charge in [-0.2, -0.15) is 0 Å². The first-order valence-corrected chi connectivity index (χ1v) is 12.3. The fourth-order valence-electron chi connectivity index (χ4n) is 6.36. The van der Waals surface area contributed by atoms with E-state index in [0.717, 1.165) is 43.3 Å². The number of ether oxygens (including phenoxy) is 2. The predicted molar refractivity (Wildman–Crippen MR) is 128 cm³/mol. The smallest absolute Gasteiger partial charge is 0.328 e. The van der Waals surface area contributed by atoms with Gasteiger partial charge in [-0.15, -0.1) is 0 Å². The fraction of sp³-hybridized carbons (Fsp3) is 0.741. The third-order valence-corrected chi connectivity index (χ3v) is 7.70. The van der Waals surface area contributed by atoms with E-state index in [4.69, 9.17) is 14.6 Å². The molecule has 0 bridgehead atoms. The summed E-state index contributed by atoms with van der Waals surface area (Å²) in [5.41, 5.74) is 2.64. The Kier molecular flexibility index (Phi) is 8.94. The van der Waals surface area contributed by atoms with Crippen molar-refractivity contribution in [3.63, 3.8) is 0 Å². The molecule has 0 spiro atoms. The lowest BCUT2D eigenvalue weighted by Crippen LogP contribution is -2.58. The lowest BCUT2D eigenvalue weighted by Gasteiger charge is -2.58. The SMILES string of the molecule is CCCCC(=O)O[C@H]1C(C)=C(CC/C(C)=C/C(=O)O)[C@@]2(C)CCCC(C)(C)C2[C@@H]1OC(C)=O. The topological polar surface area (TPSA) is 89.9 Å². The zero-order valence-electron chi connectivity index (χ0n) is 21.5.